The van der Waals surface area contributed by atoms with Crippen molar-refractivity contribution in [2.45, 2.75) is 63.0 Å². The number of carbonyl (C=O) groups excluding carboxylic acids is 6. The van der Waals surface area contributed by atoms with Gasteiger partial charge in [-0.3, -0.25) is 24.0 Å². The third-order valence-corrected chi connectivity index (χ3v) is 7.31. The van der Waals surface area contributed by atoms with Crippen molar-refractivity contribution >= 4 is 47.3 Å². The highest BCUT2D eigenvalue weighted by Crippen LogP contribution is 2.08. The second-order valence-electron chi connectivity index (χ2n) is 10.4. The molecule has 0 saturated carbocycles. The van der Waals surface area contributed by atoms with Crippen molar-refractivity contribution in [2.24, 2.45) is 11.5 Å². The van der Waals surface area contributed by atoms with E-state index in [9.17, 15) is 28.8 Å². The van der Waals surface area contributed by atoms with Crippen molar-refractivity contribution in [3.63, 3.8) is 0 Å². The molecule has 15 heteroatoms. The number of carbonyl (C=O) groups is 6. The fraction of sp³-hybridized carbons (Fsp3) is 0.419. The van der Waals surface area contributed by atoms with Crippen LogP contribution in [0.25, 0.3) is 0 Å². The smallest absolute Gasteiger partial charge is 0.328 e. The maximum absolute atomic E-state index is 13.6. The van der Waals surface area contributed by atoms with E-state index in [2.05, 4.69) is 21.3 Å². The van der Waals surface area contributed by atoms with E-state index in [-0.39, 0.29) is 19.4 Å². The molecule has 0 radical (unpaired) electrons. The van der Waals surface area contributed by atoms with Crippen LogP contribution >= 0.6 is 11.8 Å². The van der Waals surface area contributed by atoms with Crippen LogP contribution in [0.3, 0.4) is 0 Å². The van der Waals surface area contributed by atoms with E-state index in [1.165, 1.54) is 18.7 Å². The van der Waals surface area contributed by atoms with E-state index < -0.39 is 78.7 Å². The summed E-state index contributed by atoms with van der Waals surface area (Å²) in [7, 11) is 0. The predicted octanol–water partition coefficient (Wildman–Crippen LogP) is -1.12. The molecule has 0 aliphatic rings. The first kappa shape index (κ1) is 37.7. The average molecular weight is 659 g/mol. The Labute approximate surface area is 271 Å². The lowest BCUT2D eigenvalue weighted by atomic mass is 10.0. The maximum atomic E-state index is 13.6. The topological polar surface area (TPSA) is 232 Å². The monoisotopic (exact) mass is 658 g/mol. The molecule has 2 rings (SSSR count). The Bertz CT molecular complexity index is 1320. The molecule has 0 saturated heterocycles. The summed E-state index contributed by atoms with van der Waals surface area (Å²) in [5.41, 5.74) is 12.3. The molecule has 0 bridgehead atoms. The van der Waals surface area contributed by atoms with Gasteiger partial charge in [-0.15, -0.1) is 0 Å². The van der Waals surface area contributed by atoms with Crippen LogP contribution in [-0.4, -0.2) is 89.4 Å². The largest absolute Gasteiger partial charge is 0.459 e. The van der Waals surface area contributed by atoms with Gasteiger partial charge in [-0.05, 0) is 36.5 Å². The van der Waals surface area contributed by atoms with Crippen molar-refractivity contribution in [3.05, 3.63) is 71.8 Å². The Hall–Kier alpha value is -4.47. The lowest BCUT2D eigenvalue weighted by molar-refractivity contribution is -0.148. The first-order chi connectivity index (χ1) is 21.9. The van der Waals surface area contributed by atoms with Gasteiger partial charge < -0.3 is 42.6 Å². The summed E-state index contributed by atoms with van der Waals surface area (Å²) < 4.78 is 5.32. The molecule has 0 heterocycles. The molecule has 0 aliphatic heterocycles. The molecule has 5 atom stereocenters. The molecule has 250 valence electrons. The number of benzene rings is 2. The zero-order valence-corrected chi connectivity index (χ0v) is 26.6. The highest BCUT2D eigenvalue weighted by Gasteiger charge is 2.32. The van der Waals surface area contributed by atoms with Crippen molar-refractivity contribution in [1.29, 1.82) is 0 Å². The van der Waals surface area contributed by atoms with Crippen molar-refractivity contribution < 1.29 is 38.6 Å². The van der Waals surface area contributed by atoms with Crippen LogP contribution in [0.4, 0.5) is 0 Å². The molecule has 2 aromatic carbocycles. The van der Waals surface area contributed by atoms with E-state index in [1.807, 2.05) is 6.07 Å². The Morgan fingerprint density at radius 3 is 1.87 bits per heavy atom. The Morgan fingerprint density at radius 1 is 0.783 bits per heavy atom. The number of amides is 5. The van der Waals surface area contributed by atoms with Gasteiger partial charge in [-0.2, -0.15) is 11.8 Å². The first-order valence-electron chi connectivity index (χ1n) is 14.5. The minimum absolute atomic E-state index is 0.0179. The molecule has 2 aromatic rings. The lowest BCUT2D eigenvalue weighted by Gasteiger charge is -2.26. The number of ether oxygens (including phenoxy) is 1. The lowest BCUT2D eigenvalue weighted by Crippen LogP contribution is -2.59. The molecule has 9 N–H and O–H groups in total. The number of nitrogens with one attached hydrogen (secondary N) is 4. The van der Waals surface area contributed by atoms with Crippen LogP contribution in [-0.2, 0) is 46.5 Å². The minimum Gasteiger partial charge on any atom is -0.459 e. The summed E-state index contributed by atoms with van der Waals surface area (Å²) in [6, 6.07) is 11.7. The van der Waals surface area contributed by atoms with Crippen molar-refractivity contribution in [3.8, 4) is 0 Å². The van der Waals surface area contributed by atoms with Gasteiger partial charge in [0.25, 0.3) is 0 Å². The van der Waals surface area contributed by atoms with Crippen LogP contribution in [0.5, 0.6) is 0 Å². The van der Waals surface area contributed by atoms with E-state index in [0.29, 0.717) is 5.75 Å². The molecule has 14 nitrogen and oxygen atoms in total. The first-order valence-corrected chi connectivity index (χ1v) is 15.9. The van der Waals surface area contributed by atoms with E-state index in [4.69, 9.17) is 21.3 Å². The van der Waals surface area contributed by atoms with E-state index in [0.717, 1.165) is 11.1 Å². The fourth-order valence-corrected chi connectivity index (χ4v) is 4.58. The maximum Gasteiger partial charge on any atom is 0.328 e. The minimum atomic E-state index is -1.47. The molecule has 0 unspecified atom stereocenters. The highest BCUT2D eigenvalue weighted by atomic mass is 32.2. The van der Waals surface area contributed by atoms with Crippen LogP contribution in [0.2, 0.25) is 0 Å². The Balaban J connectivity index is 2.20. The van der Waals surface area contributed by atoms with Crippen LogP contribution in [0.15, 0.2) is 60.7 Å². The Kier molecular flexibility index (Phi) is 16.2. The van der Waals surface area contributed by atoms with Crippen LogP contribution in [0, 0.1) is 0 Å². The van der Waals surface area contributed by atoms with E-state index >= 15 is 0 Å². The van der Waals surface area contributed by atoms with Gasteiger partial charge in [0.1, 0.15) is 36.8 Å². The zero-order chi connectivity index (χ0) is 34.1. The van der Waals surface area contributed by atoms with Gasteiger partial charge >= 0.3 is 5.97 Å². The quantitative estimate of drug-likeness (QED) is 0.0899. The predicted molar refractivity (Wildman–Crippen MR) is 172 cm³/mol. The average Bonchev–Trinajstić information content (AvgIpc) is 3.04. The molecule has 0 fully saturated rings. The number of esters is 1. The number of thioether (sulfide) groups is 1. The number of hydrogen-bond acceptors (Lipinski definition) is 10. The van der Waals surface area contributed by atoms with Gasteiger partial charge in [0, 0.05) is 6.42 Å². The Morgan fingerprint density at radius 2 is 1.30 bits per heavy atom. The molecule has 46 heavy (non-hydrogen) atoms. The third kappa shape index (κ3) is 13.3. The molecule has 0 aromatic heterocycles. The van der Waals surface area contributed by atoms with Crippen LogP contribution < -0.4 is 32.7 Å². The van der Waals surface area contributed by atoms with Gasteiger partial charge in [-0.1, -0.05) is 60.7 Å². The molecule has 0 spiro atoms. The van der Waals surface area contributed by atoms with Gasteiger partial charge in [-0.25, -0.2) is 4.79 Å². The number of nitrogens with two attached hydrogens (primary N) is 2. The van der Waals surface area contributed by atoms with E-state index in [1.54, 1.807) is 60.9 Å². The standard InChI is InChI=1S/C31H42N6O8S/c1-19(31(44)45-18-21-11-7-4-8-12-21)34-29(42)24(15-20-9-5-3-6-10-20)37-28(41)23(13-14-46-2)35-30(43)25(16-26(33)39)36-27(40)22(32)17-38/h3-12,19,22-25,38H,13-18,32H2,1-2H3,(H2,33,39)(H,34,42)(H,35,43)(H,36,40)(H,37,41)/t19-,22-,23-,24-,25-/m0/s1. The summed E-state index contributed by atoms with van der Waals surface area (Å²) in [4.78, 5) is 76.6. The molecular formula is C31H42N6O8S. The van der Waals surface area contributed by atoms with Gasteiger partial charge in [0.2, 0.25) is 29.5 Å². The summed E-state index contributed by atoms with van der Waals surface area (Å²) in [5, 5.41) is 19.2. The highest BCUT2D eigenvalue weighted by molar-refractivity contribution is 7.98. The normalized spacial score (nSPS) is 14.0. The van der Waals surface area contributed by atoms with Gasteiger partial charge in [0.15, 0.2) is 0 Å². The summed E-state index contributed by atoms with van der Waals surface area (Å²) >= 11 is 1.40. The number of aliphatic hydroxyl groups excluding tert-OH is 1. The number of rotatable bonds is 19. The zero-order valence-electron chi connectivity index (χ0n) is 25.8. The summed E-state index contributed by atoms with van der Waals surface area (Å²) in [6.45, 7) is 0.776. The SMILES string of the molecule is CSCC[C@H](NC(=O)[C@H](CC(N)=O)NC(=O)[C@@H](N)CO)C(=O)N[C@@H](Cc1ccccc1)C(=O)N[C@@H](C)C(=O)OCc1ccccc1. The molecular weight excluding hydrogens is 616 g/mol. The number of aliphatic hydroxyl groups is 1. The summed E-state index contributed by atoms with van der Waals surface area (Å²) in [5.74, 6) is -4.31. The fourth-order valence-electron chi connectivity index (χ4n) is 4.11. The van der Waals surface area contributed by atoms with Crippen molar-refractivity contribution in [2.75, 3.05) is 18.6 Å². The molecule has 0 aliphatic carbocycles. The van der Waals surface area contributed by atoms with Gasteiger partial charge in [0.05, 0.1) is 13.0 Å². The van der Waals surface area contributed by atoms with Crippen molar-refractivity contribution in [1.82, 2.24) is 21.3 Å². The van der Waals surface area contributed by atoms with Crippen LogP contribution in [0.1, 0.15) is 30.9 Å². The summed E-state index contributed by atoms with van der Waals surface area (Å²) in [6.07, 6.45) is 1.40. The number of primary amides is 1. The number of hydrogen-bond donors (Lipinski definition) is 7. The molecule has 5 amide bonds. The third-order valence-electron chi connectivity index (χ3n) is 6.67. The second kappa shape index (κ2) is 19.8. The second-order valence-corrected chi connectivity index (χ2v) is 11.4.